The quantitative estimate of drug-likeness (QED) is 0.0506. The van der Waals surface area contributed by atoms with Gasteiger partial charge in [-0.1, -0.05) is 5.16 Å². The Bertz CT molecular complexity index is 1920. The average molecular weight is 714 g/mol. The van der Waals surface area contributed by atoms with Crippen LogP contribution in [0.2, 0.25) is 0 Å². The van der Waals surface area contributed by atoms with Gasteiger partial charge in [-0.25, -0.2) is 14.2 Å². The fourth-order valence-electron chi connectivity index (χ4n) is 4.53. The van der Waals surface area contributed by atoms with Gasteiger partial charge in [0.1, 0.15) is 29.9 Å². The lowest BCUT2D eigenvalue weighted by molar-refractivity contribution is -0.218. The number of carbonyl (C=O) groups is 3. The summed E-state index contributed by atoms with van der Waals surface area (Å²) in [5.74, 6) is -4.44. The zero-order chi connectivity index (χ0) is 35.6. The normalized spacial score (nSPS) is 16.7. The Hall–Kier alpha value is -4.90. The summed E-state index contributed by atoms with van der Waals surface area (Å²) in [7, 11) is -3.43. The van der Waals surface area contributed by atoms with Crippen molar-refractivity contribution in [3.8, 4) is 17.0 Å². The molecule has 1 aliphatic rings. The molecule has 1 saturated heterocycles. The number of hydrogen-bond acceptors (Lipinski definition) is 14. The van der Waals surface area contributed by atoms with E-state index in [4.69, 9.17) is 31.0 Å². The summed E-state index contributed by atoms with van der Waals surface area (Å²) in [5, 5.41) is 25.6. The Balaban J connectivity index is 1.49. The predicted molar refractivity (Wildman–Crippen MR) is 165 cm³/mol. The molecule has 22 heteroatoms. The van der Waals surface area contributed by atoms with E-state index in [9.17, 15) is 27.9 Å². The molecule has 2 amide bonds. The van der Waals surface area contributed by atoms with Crippen LogP contribution in [0.1, 0.15) is 26.0 Å². The lowest BCUT2D eigenvalue weighted by atomic mass is 9.84. The summed E-state index contributed by atoms with van der Waals surface area (Å²) < 4.78 is 59.1. The van der Waals surface area contributed by atoms with E-state index >= 15 is 4.39 Å². The number of nitrogens with zero attached hydrogens (tertiary/aromatic N) is 5. The number of anilines is 1. The predicted octanol–water partition coefficient (Wildman–Crippen LogP) is -0.407. The Morgan fingerprint density at radius 2 is 2.04 bits per heavy atom. The number of nitrogens with two attached hydrogens (primary N) is 2. The summed E-state index contributed by atoms with van der Waals surface area (Å²) in [6.07, 6.45) is 0.424. The van der Waals surface area contributed by atoms with Crippen molar-refractivity contribution in [3.63, 3.8) is 0 Å². The van der Waals surface area contributed by atoms with Gasteiger partial charge in [-0.2, -0.15) is 13.5 Å². The standard InChI is InChI=1S/C26H32FN9O10S2/c1-26(2)20(22(38)36(26)46-48(41,42)43)32-21(37)19(16-12-47-24(29)31-16)33-45-18(23(39)40)11-44-13-5-6-14(15(27)9-13)17-10-35(8-4-7-28)25(30)34(17)3/h5-6,9-10,12,18,20,30H,4,7-8,11,28H2,1-3H3,(H2,29,31)(H,32,37)(H,39,40)(H,41,42,43)/b30-25?,33-19-/t18?,20-/m1/s1. The molecular weight excluding hydrogens is 681 g/mol. The van der Waals surface area contributed by atoms with Gasteiger partial charge in [0, 0.05) is 36.8 Å². The highest BCUT2D eigenvalue weighted by Crippen LogP contribution is 2.33. The molecule has 0 radical (unpaired) electrons. The number of amides is 2. The summed E-state index contributed by atoms with van der Waals surface area (Å²) in [4.78, 5) is 46.7. The van der Waals surface area contributed by atoms with Gasteiger partial charge in [0.2, 0.25) is 5.62 Å². The van der Waals surface area contributed by atoms with Crippen LogP contribution in [-0.4, -0.2) is 91.6 Å². The molecule has 0 spiro atoms. The third kappa shape index (κ3) is 7.79. The first-order valence-corrected chi connectivity index (χ1v) is 16.1. The van der Waals surface area contributed by atoms with Crippen LogP contribution in [0.3, 0.4) is 0 Å². The Morgan fingerprint density at radius 3 is 2.60 bits per heavy atom. The van der Waals surface area contributed by atoms with Gasteiger partial charge in [-0.15, -0.1) is 15.6 Å². The van der Waals surface area contributed by atoms with Crippen molar-refractivity contribution in [2.75, 3.05) is 18.9 Å². The molecule has 0 saturated carbocycles. The summed E-state index contributed by atoms with van der Waals surface area (Å²) in [6.45, 7) is 2.87. The van der Waals surface area contributed by atoms with E-state index < -0.39 is 64.0 Å². The van der Waals surface area contributed by atoms with E-state index in [1.54, 1.807) is 17.8 Å². The van der Waals surface area contributed by atoms with Gasteiger partial charge in [0.25, 0.3) is 17.9 Å². The monoisotopic (exact) mass is 713 g/mol. The highest BCUT2D eigenvalue weighted by atomic mass is 32.3. The maximum absolute atomic E-state index is 15.2. The summed E-state index contributed by atoms with van der Waals surface area (Å²) in [5.41, 5.74) is 9.75. The number of imidazole rings is 1. The largest absolute Gasteiger partial charge is 0.489 e. The second kappa shape index (κ2) is 14.1. The van der Waals surface area contributed by atoms with Gasteiger partial charge in [0.15, 0.2) is 10.8 Å². The minimum Gasteiger partial charge on any atom is -0.489 e. The van der Waals surface area contributed by atoms with Crippen LogP contribution in [-0.2, 0) is 47.5 Å². The van der Waals surface area contributed by atoms with Crippen LogP contribution in [0.25, 0.3) is 11.3 Å². The van der Waals surface area contributed by atoms with Crippen LogP contribution >= 0.6 is 11.3 Å². The van der Waals surface area contributed by atoms with Crippen molar-refractivity contribution in [3.05, 3.63) is 46.9 Å². The average Bonchev–Trinajstić information content (AvgIpc) is 3.56. The van der Waals surface area contributed by atoms with E-state index in [1.165, 1.54) is 35.9 Å². The molecule has 2 atom stereocenters. The Morgan fingerprint density at radius 1 is 1.33 bits per heavy atom. The van der Waals surface area contributed by atoms with E-state index in [2.05, 4.69) is 19.7 Å². The van der Waals surface area contributed by atoms with Crippen molar-refractivity contribution < 1.29 is 50.7 Å². The number of nitrogens with one attached hydrogen (secondary N) is 2. The number of oxime groups is 1. The van der Waals surface area contributed by atoms with Crippen LogP contribution in [0.4, 0.5) is 9.52 Å². The van der Waals surface area contributed by atoms with Crippen molar-refractivity contribution in [1.29, 1.82) is 5.41 Å². The number of thiazole rings is 1. The van der Waals surface area contributed by atoms with Gasteiger partial charge in [-0.05, 0) is 38.9 Å². The van der Waals surface area contributed by atoms with Crippen molar-refractivity contribution in [2.24, 2.45) is 17.9 Å². The number of carbonyl (C=O) groups excluding carboxylic acids is 2. The van der Waals surface area contributed by atoms with E-state index in [1.807, 2.05) is 0 Å². The topological polar surface area (TPSA) is 280 Å². The van der Waals surface area contributed by atoms with Crippen LogP contribution in [0, 0.1) is 11.2 Å². The van der Waals surface area contributed by atoms with E-state index in [-0.39, 0.29) is 27.8 Å². The number of carboxylic acid groups (broad SMARTS) is 1. The molecule has 1 aliphatic heterocycles. The first-order chi connectivity index (χ1) is 22.4. The molecule has 3 aromatic rings. The number of nitrogen functional groups attached to an aromatic ring is 1. The molecule has 8 N–H and O–H groups in total. The lowest BCUT2D eigenvalue weighted by Gasteiger charge is -2.50. The molecule has 0 bridgehead atoms. The number of halogens is 1. The smallest absolute Gasteiger partial charge is 0.418 e. The molecule has 48 heavy (non-hydrogen) atoms. The number of hydroxylamine groups is 2. The molecule has 3 heterocycles. The number of rotatable bonds is 15. The Kier molecular flexibility index (Phi) is 10.5. The first kappa shape index (κ1) is 35.9. The third-order valence-corrected chi connectivity index (χ3v) is 8.11. The fraction of sp³-hybridized carbons (Fsp3) is 0.385. The van der Waals surface area contributed by atoms with Crippen LogP contribution < -0.4 is 27.1 Å². The number of aryl methyl sites for hydroxylation is 1. The third-order valence-electron chi connectivity index (χ3n) is 7.10. The molecule has 2 aromatic heterocycles. The molecule has 260 valence electrons. The minimum absolute atomic E-state index is 0.0153. The van der Waals surface area contributed by atoms with E-state index in [0.29, 0.717) is 30.3 Å². The fourth-order valence-corrected chi connectivity index (χ4v) is 5.53. The molecule has 1 aromatic carbocycles. The maximum Gasteiger partial charge on any atom is 0.418 e. The second-order valence-electron chi connectivity index (χ2n) is 10.8. The highest BCUT2D eigenvalue weighted by molar-refractivity contribution is 7.80. The second-order valence-corrected chi connectivity index (χ2v) is 12.7. The van der Waals surface area contributed by atoms with Gasteiger partial charge >= 0.3 is 16.4 Å². The molecule has 19 nitrogen and oxygen atoms in total. The number of ether oxygens (including phenoxy) is 1. The zero-order valence-corrected chi connectivity index (χ0v) is 27.2. The van der Waals surface area contributed by atoms with Crippen LogP contribution in [0.5, 0.6) is 5.75 Å². The summed E-state index contributed by atoms with van der Waals surface area (Å²) in [6, 6.07) is 2.46. The molecular formula is C26H32FN9O10S2. The molecule has 1 fully saturated rings. The van der Waals surface area contributed by atoms with Crippen molar-refractivity contribution in [2.45, 2.75) is 44.5 Å². The van der Waals surface area contributed by atoms with Gasteiger partial charge in [0.05, 0.1) is 11.2 Å². The number of hydrogen-bond donors (Lipinski definition) is 6. The van der Waals surface area contributed by atoms with Crippen molar-refractivity contribution in [1.82, 2.24) is 24.5 Å². The van der Waals surface area contributed by atoms with Crippen molar-refractivity contribution >= 4 is 50.4 Å². The number of β-lactam (4-membered cyclic amide) rings is 1. The van der Waals surface area contributed by atoms with Gasteiger partial charge in [-0.3, -0.25) is 19.6 Å². The Labute approximate surface area is 275 Å². The SMILES string of the molecule is Cn1c(-c2ccc(OCC(O/N=C(\C(=O)N[C@@H]3C(=O)N(OS(=O)(=O)O)C3(C)C)c3csc(N)n3)C(=O)O)cc2F)cn(CCCN)c1=N. The molecule has 0 aliphatic carbocycles. The maximum atomic E-state index is 15.2. The number of carboxylic acids is 1. The van der Waals surface area contributed by atoms with E-state index in [0.717, 1.165) is 17.4 Å². The molecule has 1 unspecified atom stereocenters. The zero-order valence-electron chi connectivity index (χ0n) is 25.6. The first-order valence-electron chi connectivity index (χ1n) is 13.9. The highest BCUT2D eigenvalue weighted by Gasteiger charge is 2.58. The minimum atomic E-state index is -5.05. The summed E-state index contributed by atoms with van der Waals surface area (Å²) >= 11 is 0.917. The lowest BCUT2D eigenvalue weighted by Crippen LogP contribution is -2.76. The van der Waals surface area contributed by atoms with Crippen LogP contribution in [0.15, 0.2) is 34.9 Å². The molecule has 4 rings (SSSR count). The van der Waals surface area contributed by atoms with Gasteiger partial charge < -0.3 is 40.6 Å². The number of benzene rings is 1. The number of aromatic nitrogens is 3. The number of aliphatic carboxylic acids is 1.